The molecule has 1 aromatic rings. The van der Waals surface area contributed by atoms with Crippen molar-refractivity contribution in [1.82, 2.24) is 0 Å². The molecule has 114 valence electrons. The summed E-state index contributed by atoms with van der Waals surface area (Å²) < 4.78 is 4.79. The lowest BCUT2D eigenvalue weighted by Gasteiger charge is -2.20. The van der Waals surface area contributed by atoms with Gasteiger partial charge in [0, 0.05) is 18.1 Å². The van der Waals surface area contributed by atoms with Gasteiger partial charge in [-0.05, 0) is 12.5 Å². The van der Waals surface area contributed by atoms with E-state index in [1.54, 1.807) is 6.92 Å². The van der Waals surface area contributed by atoms with Gasteiger partial charge in [-0.1, -0.05) is 12.1 Å². The van der Waals surface area contributed by atoms with Gasteiger partial charge >= 0.3 is 11.9 Å². The first kappa shape index (κ1) is 16.6. The van der Waals surface area contributed by atoms with E-state index in [0.717, 1.165) is 0 Å². The summed E-state index contributed by atoms with van der Waals surface area (Å²) in [6, 6.07) is 3.95. The Morgan fingerprint density at radius 2 is 1.95 bits per heavy atom. The third-order valence-electron chi connectivity index (χ3n) is 2.94. The zero-order chi connectivity index (χ0) is 16.0. The van der Waals surface area contributed by atoms with Crippen molar-refractivity contribution in [3.63, 3.8) is 0 Å². The highest BCUT2D eigenvalue weighted by molar-refractivity contribution is 5.77. The van der Waals surface area contributed by atoms with Gasteiger partial charge < -0.3 is 15.6 Å². The smallest absolute Gasteiger partial charge is 0.321 e. The number of nitro benzene ring substituents is 1. The van der Waals surface area contributed by atoms with Crippen LogP contribution in [0.5, 0.6) is 0 Å². The standard InChI is InChI=1S/C13H16N2O6/c1-2-21-11(16)7-10(12(14)13(17)18)8-3-5-9(6-4-8)15(19)20/h3-6,10,12H,2,7,14H2,1H3,(H,17,18)/t10-,12-/m0/s1. The van der Waals surface area contributed by atoms with Gasteiger partial charge in [-0.2, -0.15) is 0 Å². The van der Waals surface area contributed by atoms with Crippen LogP contribution in [0.25, 0.3) is 0 Å². The second-order valence-electron chi connectivity index (χ2n) is 4.33. The summed E-state index contributed by atoms with van der Waals surface area (Å²) in [6.07, 6.45) is -0.209. The lowest BCUT2D eigenvalue weighted by atomic mass is 9.89. The van der Waals surface area contributed by atoms with E-state index in [1.165, 1.54) is 24.3 Å². The molecule has 1 aromatic carbocycles. The summed E-state index contributed by atoms with van der Waals surface area (Å²) in [5, 5.41) is 19.6. The average Bonchev–Trinajstić information content (AvgIpc) is 2.44. The summed E-state index contributed by atoms with van der Waals surface area (Å²) in [5.41, 5.74) is 5.90. The number of hydrogen-bond acceptors (Lipinski definition) is 6. The number of nitro groups is 1. The van der Waals surface area contributed by atoms with Crippen molar-refractivity contribution in [2.75, 3.05) is 6.61 Å². The Morgan fingerprint density at radius 3 is 2.38 bits per heavy atom. The maximum Gasteiger partial charge on any atom is 0.321 e. The number of carbonyl (C=O) groups excluding carboxylic acids is 1. The van der Waals surface area contributed by atoms with E-state index >= 15 is 0 Å². The van der Waals surface area contributed by atoms with Gasteiger partial charge in [0.15, 0.2) is 0 Å². The average molecular weight is 296 g/mol. The molecule has 0 unspecified atom stereocenters. The minimum absolute atomic E-state index is 0.127. The minimum Gasteiger partial charge on any atom is -0.480 e. The van der Waals surface area contributed by atoms with Crippen LogP contribution in [0.4, 0.5) is 5.69 Å². The number of carboxylic acids is 1. The Balaban J connectivity index is 3.02. The van der Waals surface area contributed by atoms with Crippen LogP contribution in [0.1, 0.15) is 24.8 Å². The first-order chi connectivity index (χ1) is 9.86. The molecular weight excluding hydrogens is 280 g/mol. The maximum atomic E-state index is 11.6. The quantitative estimate of drug-likeness (QED) is 0.436. The van der Waals surface area contributed by atoms with Crippen molar-refractivity contribution in [3.8, 4) is 0 Å². The third-order valence-corrected chi connectivity index (χ3v) is 2.94. The Morgan fingerprint density at radius 1 is 1.38 bits per heavy atom. The molecule has 0 aliphatic heterocycles. The van der Waals surface area contributed by atoms with Crippen LogP contribution in [-0.2, 0) is 14.3 Å². The van der Waals surface area contributed by atoms with Crippen molar-refractivity contribution < 1.29 is 24.4 Å². The van der Waals surface area contributed by atoms with Crippen LogP contribution < -0.4 is 5.73 Å². The number of nitrogens with two attached hydrogens (primary N) is 1. The molecule has 0 aliphatic carbocycles. The predicted molar refractivity (Wildman–Crippen MR) is 72.7 cm³/mol. The highest BCUT2D eigenvalue weighted by Gasteiger charge is 2.29. The lowest BCUT2D eigenvalue weighted by Crippen LogP contribution is -2.37. The summed E-state index contributed by atoms with van der Waals surface area (Å²) in [7, 11) is 0. The molecule has 0 spiro atoms. The van der Waals surface area contributed by atoms with Crippen LogP contribution in [-0.4, -0.2) is 34.6 Å². The molecule has 0 aliphatic rings. The normalized spacial score (nSPS) is 13.2. The molecule has 0 radical (unpaired) electrons. The zero-order valence-electron chi connectivity index (χ0n) is 11.4. The number of non-ortho nitro benzene ring substituents is 1. The predicted octanol–water partition coefficient (Wildman–Crippen LogP) is 1.04. The van der Waals surface area contributed by atoms with Crippen LogP contribution in [0.3, 0.4) is 0 Å². The zero-order valence-corrected chi connectivity index (χ0v) is 11.4. The summed E-state index contributed by atoms with van der Waals surface area (Å²) in [6.45, 7) is 1.81. The van der Waals surface area contributed by atoms with E-state index in [9.17, 15) is 19.7 Å². The van der Waals surface area contributed by atoms with Gasteiger partial charge in [0.25, 0.3) is 5.69 Å². The number of hydrogen-bond donors (Lipinski definition) is 2. The van der Waals surface area contributed by atoms with Gasteiger partial charge in [-0.3, -0.25) is 19.7 Å². The molecule has 0 aromatic heterocycles. The highest BCUT2D eigenvalue weighted by atomic mass is 16.6. The molecule has 1 rings (SSSR count). The molecule has 0 fully saturated rings. The molecule has 0 bridgehead atoms. The van der Waals surface area contributed by atoms with Crippen LogP contribution in [0.15, 0.2) is 24.3 Å². The van der Waals surface area contributed by atoms with E-state index in [2.05, 4.69) is 0 Å². The Kier molecular flexibility index (Phi) is 5.79. The van der Waals surface area contributed by atoms with Crippen molar-refractivity contribution in [3.05, 3.63) is 39.9 Å². The minimum atomic E-state index is -1.31. The number of carbonyl (C=O) groups is 2. The van der Waals surface area contributed by atoms with E-state index in [1.807, 2.05) is 0 Å². The number of aliphatic carboxylic acids is 1. The number of nitrogens with zero attached hydrogens (tertiary/aromatic N) is 1. The van der Waals surface area contributed by atoms with Gasteiger partial charge in [0.05, 0.1) is 18.0 Å². The van der Waals surface area contributed by atoms with Gasteiger partial charge in [0.2, 0.25) is 0 Å². The van der Waals surface area contributed by atoms with Gasteiger partial charge in [0.1, 0.15) is 6.04 Å². The third kappa shape index (κ3) is 4.53. The fraction of sp³-hybridized carbons (Fsp3) is 0.385. The summed E-state index contributed by atoms with van der Waals surface area (Å²) in [5.74, 6) is -2.65. The SMILES string of the molecule is CCOC(=O)C[C@@H](c1ccc([N+](=O)[O-])cc1)[C@H](N)C(=O)O. The van der Waals surface area contributed by atoms with Gasteiger partial charge in [-0.15, -0.1) is 0 Å². The van der Waals surface area contributed by atoms with E-state index in [0.29, 0.717) is 5.56 Å². The largest absolute Gasteiger partial charge is 0.480 e. The number of carboxylic acid groups (broad SMARTS) is 1. The fourth-order valence-corrected chi connectivity index (χ4v) is 1.87. The summed E-state index contributed by atoms with van der Waals surface area (Å²) in [4.78, 5) is 32.6. The molecule has 2 atom stereocenters. The number of esters is 1. The highest BCUT2D eigenvalue weighted by Crippen LogP contribution is 2.25. The van der Waals surface area contributed by atoms with Crippen LogP contribution in [0, 0.1) is 10.1 Å². The molecule has 0 saturated heterocycles. The second-order valence-corrected chi connectivity index (χ2v) is 4.33. The molecular formula is C13H16N2O6. The molecule has 8 heteroatoms. The van der Waals surface area contributed by atoms with Crippen LogP contribution in [0.2, 0.25) is 0 Å². The number of rotatable bonds is 7. The molecule has 0 heterocycles. The topological polar surface area (TPSA) is 133 Å². The van der Waals surface area contributed by atoms with Crippen molar-refractivity contribution >= 4 is 17.6 Å². The molecule has 8 nitrogen and oxygen atoms in total. The van der Waals surface area contributed by atoms with E-state index in [-0.39, 0.29) is 18.7 Å². The Hall–Kier alpha value is -2.48. The summed E-state index contributed by atoms with van der Waals surface area (Å²) >= 11 is 0. The lowest BCUT2D eigenvalue weighted by molar-refractivity contribution is -0.384. The van der Waals surface area contributed by atoms with Crippen molar-refractivity contribution in [2.24, 2.45) is 5.73 Å². The number of benzene rings is 1. The fourth-order valence-electron chi connectivity index (χ4n) is 1.87. The van der Waals surface area contributed by atoms with E-state index < -0.39 is 28.8 Å². The molecule has 3 N–H and O–H groups in total. The molecule has 0 amide bonds. The van der Waals surface area contributed by atoms with Gasteiger partial charge in [-0.25, -0.2) is 0 Å². The first-order valence-corrected chi connectivity index (χ1v) is 6.25. The first-order valence-electron chi connectivity index (χ1n) is 6.25. The van der Waals surface area contributed by atoms with E-state index in [4.69, 9.17) is 15.6 Å². The Bertz CT molecular complexity index is 528. The monoisotopic (exact) mass is 296 g/mol. The van der Waals surface area contributed by atoms with Crippen LogP contribution >= 0.6 is 0 Å². The number of ether oxygens (including phenoxy) is 1. The van der Waals surface area contributed by atoms with Crippen molar-refractivity contribution in [1.29, 1.82) is 0 Å². The Labute approximate surface area is 120 Å². The molecule has 21 heavy (non-hydrogen) atoms. The second kappa shape index (κ2) is 7.34. The van der Waals surface area contributed by atoms with Crippen molar-refractivity contribution in [2.45, 2.75) is 25.3 Å². The molecule has 0 saturated carbocycles. The maximum absolute atomic E-state index is 11.6.